The molecule has 1 atom stereocenters. The Morgan fingerprint density at radius 1 is 0.284 bits per heavy atom. The summed E-state index contributed by atoms with van der Waals surface area (Å²) in [4.78, 5) is 22.0. The molecule has 0 radical (unpaired) electrons. The van der Waals surface area contributed by atoms with Gasteiger partial charge in [-0.05, 0) is 205 Å². The molecule has 1 unspecified atom stereocenters. The number of hydrogen-bond acceptors (Lipinski definition) is 10. The van der Waals surface area contributed by atoms with Crippen molar-refractivity contribution in [2.24, 2.45) is 0 Å². The van der Waals surface area contributed by atoms with Crippen molar-refractivity contribution >= 4 is 130 Å². The van der Waals surface area contributed by atoms with Crippen LogP contribution in [-0.4, -0.2) is 35.2 Å². The predicted molar refractivity (Wildman–Crippen MR) is 469 cm³/mol. The lowest BCUT2D eigenvalue weighted by Crippen LogP contribution is -2.22. The van der Waals surface area contributed by atoms with E-state index in [9.17, 15) is 0 Å². The lowest BCUT2D eigenvalue weighted by Gasteiger charge is -2.31. The third kappa shape index (κ3) is 12.0. The molecular weight excluding hydrogens is 1330 g/mol. The highest BCUT2D eigenvalue weighted by Crippen LogP contribution is 2.54. The van der Waals surface area contributed by atoms with Crippen molar-refractivity contribution in [3.05, 3.63) is 379 Å². The summed E-state index contributed by atoms with van der Waals surface area (Å²) in [5.74, 6) is 5.45. The molecule has 10 nitrogen and oxygen atoms in total. The van der Waals surface area contributed by atoms with Crippen molar-refractivity contribution in [2.75, 3.05) is 84.2 Å². The van der Waals surface area contributed by atoms with Gasteiger partial charge in [-0.25, -0.2) is 0 Å². The van der Waals surface area contributed by atoms with E-state index in [0.29, 0.717) is 5.92 Å². The minimum atomic E-state index is 0.489. The summed E-state index contributed by atoms with van der Waals surface area (Å²) in [5.41, 5.74) is 29.8. The summed E-state index contributed by atoms with van der Waals surface area (Å²) in [6.07, 6.45) is 10.4. The first-order chi connectivity index (χ1) is 52.8. The maximum atomic E-state index is 4.42. The van der Waals surface area contributed by atoms with E-state index >= 15 is 0 Å². The maximum absolute atomic E-state index is 4.42. The lowest BCUT2D eigenvalue weighted by molar-refractivity contribution is 0.860. The second-order valence-electron chi connectivity index (χ2n) is 29.2. The average molecular weight is 1420 g/mol. The molecule has 7 aliphatic rings. The third-order valence-electron chi connectivity index (χ3n) is 22.6. The second kappa shape index (κ2) is 28.3. The first kappa shape index (κ1) is 70.1. The zero-order valence-corrected chi connectivity index (χ0v) is 64.4. The van der Waals surface area contributed by atoms with Gasteiger partial charge >= 0.3 is 0 Å². The molecule has 0 aromatic heterocycles. The molecule has 0 amide bonds. The van der Waals surface area contributed by atoms with Gasteiger partial charge in [-0.3, -0.25) is 24.5 Å². The summed E-state index contributed by atoms with van der Waals surface area (Å²) in [7, 11) is 10.4. The standard InChI is InChI=1S/C26H22N2.2C20H18N2.C17H18N2.C16H16N2/c1-16-15-20-12-11-18-7-6-8-19-13-14-21(25(20)24(18)19)26(16)28-17(2)27(3)22-9-4-5-10-23(22)28;1-14-12-16-8-4-5-9-17(16)13-20(14)22-15(2)21(3)18-10-6-7-11-19(18)22;1-14-12-13-16-8-4-5-9-17(16)20(14)22-15(2)21(3)18-10-6-7-11-19(18)22;1-12-9-10-15(13(2)11-12)19-14(3)18(4)16-7-5-6-8-17(16)19;1-12-8-4-5-9-14(12)18-13(2)17(3)15-10-6-7-11-16(15)18/h4-7,9-15,19H,2,8H2,1,3H3;2*4-13H,2H2,1,3H3;5-11H,3H2,1-2,4H3;4-11H,2H2,1,3H3. The maximum Gasteiger partial charge on any atom is 0.110 e. The van der Waals surface area contributed by atoms with E-state index in [4.69, 9.17) is 0 Å². The molecule has 0 bridgehead atoms. The van der Waals surface area contributed by atoms with E-state index in [1.54, 1.807) is 0 Å². The Hall–Kier alpha value is -13.2. The van der Waals surface area contributed by atoms with Gasteiger partial charge in [0, 0.05) is 52.1 Å². The van der Waals surface area contributed by atoms with E-state index in [-0.39, 0.29) is 0 Å². The van der Waals surface area contributed by atoms with Crippen molar-refractivity contribution in [3.63, 3.8) is 0 Å². The van der Waals surface area contributed by atoms with Gasteiger partial charge in [-0.1, -0.05) is 227 Å². The van der Waals surface area contributed by atoms with Crippen LogP contribution in [0.3, 0.4) is 0 Å². The molecule has 0 saturated carbocycles. The van der Waals surface area contributed by atoms with E-state index in [1.165, 1.54) is 168 Å². The highest BCUT2D eigenvalue weighted by Gasteiger charge is 2.36. The number of allylic oxidation sites excluding steroid dienone is 2. The van der Waals surface area contributed by atoms with Gasteiger partial charge in [0.25, 0.3) is 0 Å². The van der Waals surface area contributed by atoms with E-state index < -0.39 is 0 Å². The van der Waals surface area contributed by atoms with E-state index in [0.717, 1.165) is 35.5 Å². The number of nitrogens with zero attached hydrogens (tertiary/aromatic N) is 10. The quantitative estimate of drug-likeness (QED) is 0.166. The molecule has 109 heavy (non-hydrogen) atoms. The van der Waals surface area contributed by atoms with Crippen LogP contribution in [0.4, 0.5) is 85.3 Å². The Labute approximate surface area is 643 Å². The van der Waals surface area contributed by atoms with Gasteiger partial charge in [0.15, 0.2) is 0 Å². The topological polar surface area (TPSA) is 32.4 Å². The van der Waals surface area contributed by atoms with Crippen LogP contribution in [0, 0.1) is 41.5 Å². The smallest absolute Gasteiger partial charge is 0.110 e. The molecule has 13 aromatic carbocycles. The zero-order valence-electron chi connectivity index (χ0n) is 64.4. The Kier molecular flexibility index (Phi) is 18.2. The van der Waals surface area contributed by atoms with Gasteiger partial charge in [-0.2, -0.15) is 0 Å². The molecule has 538 valence electrons. The van der Waals surface area contributed by atoms with Gasteiger partial charge in [0.2, 0.25) is 0 Å². The molecule has 13 aromatic rings. The summed E-state index contributed by atoms with van der Waals surface area (Å²) in [6, 6.07) is 90.0. The van der Waals surface area contributed by atoms with Gasteiger partial charge in [0.05, 0.1) is 85.3 Å². The van der Waals surface area contributed by atoms with Crippen LogP contribution in [0.2, 0.25) is 0 Å². The van der Waals surface area contributed by atoms with Gasteiger partial charge in [-0.15, -0.1) is 0 Å². The van der Waals surface area contributed by atoms with E-state index in [1.807, 2.05) is 0 Å². The molecule has 0 saturated heterocycles. The molecule has 2 aliphatic carbocycles. The number of hydrogen-bond donors (Lipinski definition) is 0. The van der Waals surface area contributed by atoms with Crippen molar-refractivity contribution < 1.29 is 0 Å². The largest absolute Gasteiger partial charge is 0.329 e. The third-order valence-corrected chi connectivity index (χ3v) is 22.6. The summed E-state index contributed by atoms with van der Waals surface area (Å²) in [5, 5.41) is 7.79. The molecule has 5 aliphatic heterocycles. The number of anilines is 15. The average Bonchev–Trinajstić information content (AvgIpc) is 1.70. The monoisotopic (exact) mass is 1420 g/mol. The first-order valence-corrected chi connectivity index (χ1v) is 37.4. The van der Waals surface area contributed by atoms with Crippen molar-refractivity contribution in [1.29, 1.82) is 0 Å². The number of para-hydroxylation sites is 11. The molecule has 20 rings (SSSR count). The molecule has 10 heteroatoms. The molecule has 0 N–H and O–H groups in total. The zero-order chi connectivity index (χ0) is 75.8. The van der Waals surface area contributed by atoms with Crippen LogP contribution < -0.4 is 49.0 Å². The molecular formula is C99H92N10. The molecule has 0 fully saturated rings. The fourth-order valence-electron chi connectivity index (χ4n) is 16.8. The van der Waals surface area contributed by atoms with Crippen LogP contribution in [-0.2, 0) is 0 Å². The highest BCUT2D eigenvalue weighted by atomic mass is 15.4. The van der Waals surface area contributed by atoms with Crippen LogP contribution in [0.1, 0.15) is 62.4 Å². The highest BCUT2D eigenvalue weighted by molar-refractivity contribution is 6.07. The fraction of sp³-hybridized carbons (Fsp3) is 0.131. The minimum absolute atomic E-state index is 0.489. The first-order valence-electron chi connectivity index (χ1n) is 37.4. The SMILES string of the molecule is C=C1N(C)c2ccccc2N1c1c(C)cc2ccc3c4c2c1C=CC4CC=C3.C=C1N(C)c2ccccc2N1c1c(C)ccc2ccccc12.C=C1N(C)c2ccccc2N1c1cc2ccccc2cc1C.C=C1N(C)c2ccccc2N1c1ccc(C)cc1C.C=C1N(C)c2ccccc2N1c1ccccc1C. The fourth-order valence-corrected chi connectivity index (χ4v) is 16.8. The van der Waals surface area contributed by atoms with E-state index in [2.05, 4.69) is 438 Å². The van der Waals surface area contributed by atoms with Crippen LogP contribution in [0.5, 0.6) is 0 Å². The van der Waals surface area contributed by atoms with Crippen molar-refractivity contribution in [1.82, 2.24) is 0 Å². The van der Waals surface area contributed by atoms with Crippen molar-refractivity contribution in [3.8, 4) is 0 Å². The lowest BCUT2D eigenvalue weighted by atomic mass is 9.78. The number of benzene rings is 13. The number of rotatable bonds is 5. The van der Waals surface area contributed by atoms with Crippen LogP contribution in [0.15, 0.2) is 329 Å². The molecule has 5 heterocycles. The number of fused-ring (bicyclic) bond motifs is 7. The van der Waals surface area contributed by atoms with Crippen LogP contribution in [0.25, 0.3) is 44.5 Å². The predicted octanol–water partition coefficient (Wildman–Crippen LogP) is 25.6. The second-order valence-corrected chi connectivity index (χ2v) is 29.2. The summed E-state index contributed by atoms with van der Waals surface area (Å²) >= 11 is 0. The van der Waals surface area contributed by atoms with Gasteiger partial charge in [0.1, 0.15) is 29.1 Å². The van der Waals surface area contributed by atoms with Gasteiger partial charge < -0.3 is 24.5 Å². The molecule has 0 spiro atoms. The normalized spacial score (nSPS) is 15.2. The van der Waals surface area contributed by atoms with Crippen molar-refractivity contribution in [2.45, 2.75) is 53.9 Å². The number of aryl methyl sites for hydroxylation is 6. The summed E-state index contributed by atoms with van der Waals surface area (Å²) < 4.78 is 0. The van der Waals surface area contributed by atoms with Crippen LogP contribution >= 0.6 is 0 Å². The Bertz CT molecular complexity index is 5970. The minimum Gasteiger partial charge on any atom is -0.329 e. The Balaban J connectivity index is 0.000000105. The Morgan fingerprint density at radius 2 is 0.670 bits per heavy atom. The summed E-state index contributed by atoms with van der Waals surface area (Å²) in [6.45, 7) is 34.4. The Morgan fingerprint density at radius 3 is 1.17 bits per heavy atom.